The molecular weight excluding hydrogens is 221 g/mol. The summed E-state index contributed by atoms with van der Waals surface area (Å²) in [5.74, 6) is -1.61. The van der Waals surface area contributed by atoms with Crippen molar-refractivity contribution in [3.8, 4) is 0 Å². The summed E-state index contributed by atoms with van der Waals surface area (Å²) in [6.07, 6.45) is 4.34. The van der Waals surface area contributed by atoms with Crippen LogP contribution in [-0.4, -0.2) is 16.6 Å². The highest BCUT2D eigenvalue weighted by Gasteiger charge is 2.29. The van der Waals surface area contributed by atoms with Crippen LogP contribution in [0.4, 0.5) is 10.1 Å². The molecule has 4 heteroatoms. The molecule has 0 atom stereocenters. The van der Waals surface area contributed by atoms with Gasteiger partial charge in [-0.05, 0) is 38.0 Å². The summed E-state index contributed by atoms with van der Waals surface area (Å²) in [5, 5.41) is 11.9. The second-order valence-electron chi connectivity index (χ2n) is 4.89. The molecule has 1 aromatic carbocycles. The van der Waals surface area contributed by atoms with Gasteiger partial charge in [0.25, 0.3) is 0 Å². The van der Waals surface area contributed by atoms with Crippen LogP contribution in [0.5, 0.6) is 0 Å². The zero-order chi connectivity index (χ0) is 12.5. The number of aromatic carboxylic acids is 1. The SMILES string of the molecule is CC1(Nc2ccc(C(=O)O)cc2F)CCCC1. The van der Waals surface area contributed by atoms with Gasteiger partial charge >= 0.3 is 5.97 Å². The number of halogens is 1. The first-order chi connectivity index (χ1) is 8.00. The maximum Gasteiger partial charge on any atom is 0.335 e. The lowest BCUT2D eigenvalue weighted by molar-refractivity contribution is 0.0696. The van der Waals surface area contributed by atoms with Crippen LogP contribution in [0.25, 0.3) is 0 Å². The zero-order valence-corrected chi connectivity index (χ0v) is 9.79. The summed E-state index contributed by atoms with van der Waals surface area (Å²) in [6, 6.07) is 3.98. The predicted octanol–water partition coefficient (Wildman–Crippen LogP) is 3.27. The predicted molar refractivity (Wildman–Crippen MR) is 63.9 cm³/mol. The van der Waals surface area contributed by atoms with Gasteiger partial charge in [0.05, 0.1) is 11.3 Å². The Bertz CT molecular complexity index is 439. The van der Waals surface area contributed by atoms with E-state index in [9.17, 15) is 9.18 Å². The first-order valence-electron chi connectivity index (χ1n) is 5.81. The van der Waals surface area contributed by atoms with Gasteiger partial charge in [0.15, 0.2) is 0 Å². The van der Waals surface area contributed by atoms with Gasteiger partial charge in [-0.2, -0.15) is 0 Å². The molecule has 0 heterocycles. The second-order valence-corrected chi connectivity index (χ2v) is 4.89. The Hall–Kier alpha value is -1.58. The molecule has 0 saturated heterocycles. The average Bonchev–Trinajstić information content (AvgIpc) is 2.68. The lowest BCUT2D eigenvalue weighted by Gasteiger charge is -2.27. The summed E-state index contributed by atoms with van der Waals surface area (Å²) in [5.41, 5.74) is 0.301. The van der Waals surface area contributed by atoms with Crippen molar-refractivity contribution in [3.63, 3.8) is 0 Å². The Morgan fingerprint density at radius 2 is 2.06 bits per heavy atom. The maximum atomic E-state index is 13.7. The summed E-state index contributed by atoms with van der Waals surface area (Å²) >= 11 is 0. The van der Waals surface area contributed by atoms with E-state index in [0.29, 0.717) is 5.69 Å². The van der Waals surface area contributed by atoms with Crippen LogP contribution in [0.2, 0.25) is 0 Å². The molecular formula is C13H16FNO2. The fraction of sp³-hybridized carbons (Fsp3) is 0.462. The van der Waals surface area contributed by atoms with Crippen LogP contribution in [0.1, 0.15) is 43.0 Å². The third-order valence-corrected chi connectivity index (χ3v) is 3.36. The minimum absolute atomic E-state index is 0.0235. The van der Waals surface area contributed by atoms with E-state index in [1.54, 1.807) is 0 Å². The summed E-state index contributed by atoms with van der Waals surface area (Å²) in [7, 11) is 0. The largest absolute Gasteiger partial charge is 0.478 e. The number of hydrogen-bond acceptors (Lipinski definition) is 2. The molecule has 1 aromatic rings. The van der Waals surface area contributed by atoms with Crippen LogP contribution in [0.3, 0.4) is 0 Å². The van der Waals surface area contributed by atoms with Gasteiger partial charge in [-0.3, -0.25) is 0 Å². The van der Waals surface area contributed by atoms with Gasteiger partial charge in [-0.1, -0.05) is 12.8 Å². The quantitative estimate of drug-likeness (QED) is 0.848. The molecule has 0 bridgehead atoms. The Kier molecular flexibility index (Phi) is 3.05. The topological polar surface area (TPSA) is 49.3 Å². The fourth-order valence-corrected chi connectivity index (χ4v) is 2.35. The highest BCUT2D eigenvalue weighted by molar-refractivity contribution is 5.88. The smallest absolute Gasteiger partial charge is 0.335 e. The molecule has 1 aliphatic carbocycles. The van der Waals surface area contributed by atoms with Gasteiger partial charge in [0.2, 0.25) is 0 Å². The van der Waals surface area contributed by atoms with E-state index in [1.807, 2.05) is 0 Å². The van der Waals surface area contributed by atoms with Crippen molar-refractivity contribution < 1.29 is 14.3 Å². The van der Waals surface area contributed by atoms with Gasteiger partial charge in [0, 0.05) is 5.54 Å². The number of rotatable bonds is 3. The highest BCUT2D eigenvalue weighted by Crippen LogP contribution is 2.33. The van der Waals surface area contributed by atoms with Crippen molar-refractivity contribution >= 4 is 11.7 Å². The van der Waals surface area contributed by atoms with Crippen LogP contribution in [0, 0.1) is 5.82 Å². The van der Waals surface area contributed by atoms with E-state index < -0.39 is 11.8 Å². The van der Waals surface area contributed by atoms with Crippen molar-refractivity contribution in [1.29, 1.82) is 0 Å². The molecule has 17 heavy (non-hydrogen) atoms. The molecule has 1 saturated carbocycles. The number of nitrogens with one attached hydrogen (secondary N) is 1. The molecule has 0 amide bonds. The second kappa shape index (κ2) is 4.35. The minimum atomic E-state index is -1.11. The molecule has 2 N–H and O–H groups in total. The monoisotopic (exact) mass is 237 g/mol. The van der Waals surface area contributed by atoms with Crippen LogP contribution < -0.4 is 5.32 Å². The Labute approximate surface area is 99.7 Å². The van der Waals surface area contributed by atoms with Crippen LogP contribution in [0.15, 0.2) is 18.2 Å². The van der Waals surface area contributed by atoms with Crippen molar-refractivity contribution in [2.24, 2.45) is 0 Å². The van der Waals surface area contributed by atoms with Gasteiger partial charge in [-0.15, -0.1) is 0 Å². The van der Waals surface area contributed by atoms with Crippen LogP contribution in [-0.2, 0) is 0 Å². The lowest BCUT2D eigenvalue weighted by Crippen LogP contribution is -2.31. The molecule has 0 radical (unpaired) electrons. The molecule has 1 aliphatic rings. The summed E-state index contributed by atoms with van der Waals surface area (Å²) in [6.45, 7) is 2.07. The van der Waals surface area contributed by atoms with Crippen molar-refractivity contribution in [2.45, 2.75) is 38.1 Å². The summed E-state index contributed by atoms with van der Waals surface area (Å²) in [4.78, 5) is 10.7. The molecule has 2 rings (SSSR count). The maximum absolute atomic E-state index is 13.7. The normalized spacial score (nSPS) is 18.0. The highest BCUT2D eigenvalue weighted by atomic mass is 19.1. The number of anilines is 1. The van der Waals surface area contributed by atoms with E-state index in [1.165, 1.54) is 12.1 Å². The third kappa shape index (κ3) is 2.57. The van der Waals surface area contributed by atoms with E-state index >= 15 is 0 Å². The standard InChI is InChI=1S/C13H16FNO2/c1-13(6-2-3-7-13)15-11-5-4-9(12(16)17)8-10(11)14/h4-5,8,15H,2-3,6-7H2,1H3,(H,16,17). The molecule has 0 aromatic heterocycles. The number of benzene rings is 1. The summed E-state index contributed by atoms with van der Waals surface area (Å²) < 4.78 is 13.7. The van der Waals surface area contributed by atoms with Gasteiger partial charge in [0.1, 0.15) is 5.82 Å². The number of carboxylic acids is 1. The minimum Gasteiger partial charge on any atom is -0.478 e. The average molecular weight is 237 g/mol. The van der Waals surface area contributed by atoms with E-state index in [2.05, 4.69) is 12.2 Å². The van der Waals surface area contributed by atoms with Crippen LogP contribution >= 0.6 is 0 Å². The Morgan fingerprint density at radius 1 is 1.41 bits per heavy atom. The molecule has 3 nitrogen and oxygen atoms in total. The van der Waals surface area contributed by atoms with Crippen molar-refractivity contribution in [3.05, 3.63) is 29.6 Å². The third-order valence-electron chi connectivity index (χ3n) is 3.36. The molecule has 1 fully saturated rings. The number of carbonyl (C=O) groups is 1. The van der Waals surface area contributed by atoms with Gasteiger partial charge in [-0.25, -0.2) is 9.18 Å². The Morgan fingerprint density at radius 3 is 2.59 bits per heavy atom. The molecule has 0 spiro atoms. The molecule has 92 valence electrons. The van der Waals surface area contributed by atoms with Gasteiger partial charge < -0.3 is 10.4 Å². The van der Waals surface area contributed by atoms with Crippen molar-refractivity contribution in [1.82, 2.24) is 0 Å². The lowest BCUT2D eigenvalue weighted by atomic mass is 10.00. The first-order valence-corrected chi connectivity index (χ1v) is 5.81. The molecule has 0 unspecified atom stereocenters. The fourth-order valence-electron chi connectivity index (χ4n) is 2.35. The molecule has 0 aliphatic heterocycles. The van der Waals surface area contributed by atoms with E-state index in [-0.39, 0.29) is 11.1 Å². The van der Waals surface area contributed by atoms with E-state index in [4.69, 9.17) is 5.11 Å². The zero-order valence-electron chi connectivity index (χ0n) is 9.79. The number of carboxylic acid groups (broad SMARTS) is 1. The van der Waals surface area contributed by atoms with E-state index in [0.717, 1.165) is 31.7 Å². The van der Waals surface area contributed by atoms with Crippen molar-refractivity contribution in [2.75, 3.05) is 5.32 Å². The Balaban J connectivity index is 2.19. The first kappa shape index (κ1) is 11.9. The number of hydrogen-bond donors (Lipinski definition) is 2.